The number of H-pyrrole nitrogens is 1. The van der Waals surface area contributed by atoms with Gasteiger partial charge in [0, 0.05) is 54.7 Å². The molecular weight excluding hydrogens is 360 g/mol. The molecule has 156 valence electrons. The third-order valence-corrected chi connectivity index (χ3v) is 7.80. The Morgan fingerprint density at radius 1 is 1.31 bits per heavy atom. The Hall–Kier alpha value is -2.01. The molecule has 1 aromatic carbocycles. The number of rotatable bonds is 3. The maximum Gasteiger partial charge on any atom is 0.317 e. The number of aromatic nitrogens is 1. The second kappa shape index (κ2) is 7.35. The van der Waals surface area contributed by atoms with Crippen LogP contribution in [0.2, 0.25) is 0 Å². The van der Waals surface area contributed by atoms with Crippen molar-refractivity contribution in [1.82, 2.24) is 20.1 Å². The standard InChI is InChI=1S/C24H34N4O/c1-4-27(2)24(29)25-16-12-18-17-10-7-11-20-22(17)19(13-21(18)28(3)14-16)23(26-20)15-8-5-6-9-15/h7,10-11,15-16,18,21,26H,4-6,8-9,12-14H2,1-3H3,(H,25,29)/t16?,18?,21-/m1/s1. The highest BCUT2D eigenvalue weighted by molar-refractivity contribution is 5.90. The number of likely N-dealkylation sites (tertiary alicyclic amines) is 1. The largest absolute Gasteiger partial charge is 0.358 e. The second-order valence-corrected chi connectivity index (χ2v) is 9.48. The van der Waals surface area contributed by atoms with E-state index < -0.39 is 0 Å². The van der Waals surface area contributed by atoms with Crippen molar-refractivity contribution in [2.24, 2.45) is 0 Å². The summed E-state index contributed by atoms with van der Waals surface area (Å²) in [5.41, 5.74) is 5.92. The molecule has 2 fully saturated rings. The number of hydrogen-bond donors (Lipinski definition) is 2. The number of benzene rings is 1. The Balaban J connectivity index is 1.49. The van der Waals surface area contributed by atoms with E-state index in [-0.39, 0.29) is 12.1 Å². The highest BCUT2D eigenvalue weighted by Crippen LogP contribution is 2.47. The number of likely N-dealkylation sites (N-methyl/N-ethyl adjacent to an activating group) is 1. The average molecular weight is 395 g/mol. The quantitative estimate of drug-likeness (QED) is 0.820. The molecule has 2 amide bonds. The van der Waals surface area contributed by atoms with Gasteiger partial charge in [0.25, 0.3) is 0 Å². The summed E-state index contributed by atoms with van der Waals surface area (Å²) in [5, 5.41) is 4.76. The lowest BCUT2D eigenvalue weighted by molar-refractivity contribution is 0.125. The van der Waals surface area contributed by atoms with Crippen molar-refractivity contribution >= 4 is 16.9 Å². The molecule has 1 aliphatic heterocycles. The van der Waals surface area contributed by atoms with E-state index in [4.69, 9.17) is 0 Å². The van der Waals surface area contributed by atoms with Gasteiger partial charge in [-0.05, 0) is 62.8 Å². The van der Waals surface area contributed by atoms with Gasteiger partial charge in [0.15, 0.2) is 0 Å². The molecule has 2 aromatic rings. The molecule has 5 heteroatoms. The van der Waals surface area contributed by atoms with Gasteiger partial charge in [-0.1, -0.05) is 25.0 Å². The molecule has 1 aromatic heterocycles. The van der Waals surface area contributed by atoms with Gasteiger partial charge in [-0.2, -0.15) is 0 Å². The number of amides is 2. The molecule has 1 saturated carbocycles. The number of piperidine rings is 1. The van der Waals surface area contributed by atoms with Crippen molar-refractivity contribution in [3.63, 3.8) is 0 Å². The van der Waals surface area contributed by atoms with Crippen LogP contribution >= 0.6 is 0 Å². The fraction of sp³-hybridized carbons (Fsp3) is 0.625. The van der Waals surface area contributed by atoms with Crippen LogP contribution in [-0.2, 0) is 6.42 Å². The molecule has 1 saturated heterocycles. The lowest BCUT2D eigenvalue weighted by atomic mass is 9.73. The van der Waals surface area contributed by atoms with Crippen molar-refractivity contribution in [1.29, 1.82) is 0 Å². The Morgan fingerprint density at radius 2 is 2.10 bits per heavy atom. The summed E-state index contributed by atoms with van der Waals surface area (Å²) >= 11 is 0. The molecular formula is C24H34N4O. The smallest absolute Gasteiger partial charge is 0.317 e. The first kappa shape index (κ1) is 19.0. The van der Waals surface area contributed by atoms with Crippen LogP contribution in [0.3, 0.4) is 0 Å². The monoisotopic (exact) mass is 394 g/mol. The number of nitrogens with one attached hydrogen (secondary N) is 2. The molecule has 29 heavy (non-hydrogen) atoms. The molecule has 0 bridgehead atoms. The SMILES string of the molecule is CCN(C)C(=O)NC1CC2c3cccc4[nH]c(C5CCCC5)c(c34)C[C@H]2N(C)C1. The molecule has 2 N–H and O–H groups in total. The predicted molar refractivity (Wildman–Crippen MR) is 118 cm³/mol. The van der Waals surface area contributed by atoms with E-state index in [1.165, 1.54) is 47.8 Å². The third-order valence-electron chi connectivity index (χ3n) is 7.80. The van der Waals surface area contributed by atoms with Crippen molar-refractivity contribution in [2.45, 2.75) is 69.4 Å². The maximum atomic E-state index is 12.4. The molecule has 0 radical (unpaired) electrons. The number of fused-ring (bicyclic) bond motifs is 2. The summed E-state index contributed by atoms with van der Waals surface area (Å²) in [6.07, 6.45) is 7.56. The minimum atomic E-state index is 0.0456. The van der Waals surface area contributed by atoms with Crippen LogP contribution in [0.5, 0.6) is 0 Å². The zero-order valence-corrected chi connectivity index (χ0v) is 18.0. The molecule has 0 spiro atoms. The number of urea groups is 1. The number of carbonyl (C=O) groups excluding carboxylic acids is 1. The predicted octanol–water partition coefficient (Wildman–Crippen LogP) is 4.20. The summed E-state index contributed by atoms with van der Waals surface area (Å²) in [6, 6.07) is 7.58. The molecule has 2 heterocycles. The van der Waals surface area contributed by atoms with E-state index in [2.05, 4.69) is 40.4 Å². The van der Waals surface area contributed by atoms with Crippen molar-refractivity contribution in [3.8, 4) is 0 Å². The van der Waals surface area contributed by atoms with Crippen LogP contribution in [0.25, 0.3) is 10.9 Å². The van der Waals surface area contributed by atoms with Crippen molar-refractivity contribution < 1.29 is 4.79 Å². The van der Waals surface area contributed by atoms with Crippen molar-refractivity contribution in [2.75, 3.05) is 27.2 Å². The molecule has 5 nitrogen and oxygen atoms in total. The molecule has 2 unspecified atom stereocenters. The number of carbonyl (C=O) groups is 1. The van der Waals surface area contributed by atoms with Gasteiger partial charge in [0.05, 0.1) is 0 Å². The normalized spacial score (nSPS) is 27.2. The van der Waals surface area contributed by atoms with E-state index in [9.17, 15) is 4.79 Å². The number of aromatic amines is 1. The molecule has 3 atom stereocenters. The number of nitrogens with zero attached hydrogens (tertiary/aromatic N) is 2. The first-order valence-corrected chi connectivity index (χ1v) is 11.4. The summed E-state index contributed by atoms with van der Waals surface area (Å²) < 4.78 is 0. The van der Waals surface area contributed by atoms with Gasteiger partial charge in [-0.15, -0.1) is 0 Å². The summed E-state index contributed by atoms with van der Waals surface area (Å²) in [6.45, 7) is 3.68. The van der Waals surface area contributed by atoms with Crippen LogP contribution in [0.15, 0.2) is 18.2 Å². The summed E-state index contributed by atoms with van der Waals surface area (Å²) in [7, 11) is 4.11. The van der Waals surface area contributed by atoms with Gasteiger partial charge in [0.2, 0.25) is 0 Å². The lowest BCUT2D eigenvalue weighted by Crippen LogP contribution is -2.56. The van der Waals surface area contributed by atoms with E-state index in [1.54, 1.807) is 10.5 Å². The molecule has 3 aliphatic rings. The minimum Gasteiger partial charge on any atom is -0.358 e. The average Bonchev–Trinajstić information content (AvgIpc) is 3.37. The van der Waals surface area contributed by atoms with Gasteiger partial charge in [-0.3, -0.25) is 0 Å². The Kier molecular flexibility index (Phi) is 4.81. The van der Waals surface area contributed by atoms with Crippen LogP contribution in [-0.4, -0.2) is 60.1 Å². The van der Waals surface area contributed by atoms with Gasteiger partial charge < -0.3 is 20.1 Å². The van der Waals surface area contributed by atoms with Crippen molar-refractivity contribution in [3.05, 3.63) is 35.0 Å². The van der Waals surface area contributed by atoms with E-state index in [1.807, 2.05) is 14.0 Å². The van der Waals surface area contributed by atoms with Crippen LogP contribution in [0.1, 0.15) is 67.7 Å². The Labute approximate surface area is 173 Å². The summed E-state index contributed by atoms with van der Waals surface area (Å²) in [5.74, 6) is 1.20. The molecule has 2 aliphatic carbocycles. The second-order valence-electron chi connectivity index (χ2n) is 9.48. The molecule has 5 rings (SSSR count). The Bertz CT molecular complexity index is 913. The van der Waals surface area contributed by atoms with Gasteiger partial charge in [0.1, 0.15) is 0 Å². The van der Waals surface area contributed by atoms with Crippen LogP contribution in [0, 0.1) is 0 Å². The van der Waals surface area contributed by atoms with Gasteiger partial charge >= 0.3 is 6.03 Å². The fourth-order valence-electron chi connectivity index (χ4n) is 6.15. The zero-order valence-electron chi connectivity index (χ0n) is 18.0. The van der Waals surface area contributed by atoms with E-state index >= 15 is 0 Å². The first-order valence-electron chi connectivity index (χ1n) is 11.4. The maximum absolute atomic E-state index is 12.4. The topological polar surface area (TPSA) is 51.4 Å². The number of hydrogen-bond acceptors (Lipinski definition) is 2. The highest BCUT2D eigenvalue weighted by atomic mass is 16.2. The van der Waals surface area contributed by atoms with Crippen LogP contribution < -0.4 is 5.32 Å². The van der Waals surface area contributed by atoms with Gasteiger partial charge in [-0.25, -0.2) is 4.79 Å². The lowest BCUT2D eigenvalue weighted by Gasteiger charge is -2.46. The third kappa shape index (κ3) is 3.14. The van der Waals surface area contributed by atoms with E-state index in [0.717, 1.165) is 25.9 Å². The zero-order chi connectivity index (χ0) is 20.1. The summed E-state index contributed by atoms with van der Waals surface area (Å²) in [4.78, 5) is 20.5. The minimum absolute atomic E-state index is 0.0456. The highest BCUT2D eigenvalue weighted by Gasteiger charge is 2.41. The first-order chi connectivity index (χ1) is 14.1. The Morgan fingerprint density at radius 3 is 2.86 bits per heavy atom. The fourth-order valence-corrected chi connectivity index (χ4v) is 6.15. The van der Waals surface area contributed by atoms with Crippen LogP contribution in [0.4, 0.5) is 4.79 Å². The van der Waals surface area contributed by atoms with E-state index in [0.29, 0.717) is 17.9 Å².